The number of hydrazine groups is 1. The number of hydrogen-bond acceptors (Lipinski definition) is 4. The standard InChI is InChI=1S/C6H16N2O3S/c1-2-4-7-8-5-3-6-12(9,10)11/h7-8H,2-6H2,1H3,(H,9,10,11). The minimum Gasteiger partial charge on any atom is -0.286 e. The van der Waals surface area contributed by atoms with Crippen molar-refractivity contribution in [2.24, 2.45) is 0 Å². The van der Waals surface area contributed by atoms with Crippen LogP contribution < -0.4 is 10.9 Å². The molecule has 0 radical (unpaired) electrons. The van der Waals surface area contributed by atoms with Crippen molar-refractivity contribution in [1.82, 2.24) is 10.9 Å². The van der Waals surface area contributed by atoms with Gasteiger partial charge in [-0.15, -0.1) is 0 Å². The first-order valence-electron chi connectivity index (χ1n) is 3.97. The minimum absolute atomic E-state index is 0.187. The van der Waals surface area contributed by atoms with Crippen molar-refractivity contribution in [3.63, 3.8) is 0 Å². The van der Waals surface area contributed by atoms with Crippen LogP contribution in [0.15, 0.2) is 0 Å². The van der Waals surface area contributed by atoms with Crippen LogP contribution in [0.2, 0.25) is 0 Å². The number of rotatable bonds is 7. The first-order valence-corrected chi connectivity index (χ1v) is 5.58. The highest BCUT2D eigenvalue weighted by Gasteiger charge is 2.01. The third-order valence-corrected chi connectivity index (χ3v) is 2.01. The molecule has 0 aromatic carbocycles. The molecule has 5 nitrogen and oxygen atoms in total. The minimum atomic E-state index is -3.78. The molecule has 0 unspecified atom stereocenters. The summed E-state index contributed by atoms with van der Waals surface area (Å²) >= 11 is 0. The fourth-order valence-electron chi connectivity index (χ4n) is 0.645. The molecule has 0 fully saturated rings. The summed E-state index contributed by atoms with van der Waals surface area (Å²) in [5.41, 5.74) is 5.73. The third kappa shape index (κ3) is 9.83. The quantitative estimate of drug-likeness (QED) is 0.298. The molecule has 0 saturated heterocycles. The molecular weight excluding hydrogens is 180 g/mol. The second kappa shape index (κ2) is 6.36. The molecule has 12 heavy (non-hydrogen) atoms. The lowest BCUT2D eigenvalue weighted by atomic mass is 10.5. The summed E-state index contributed by atoms with van der Waals surface area (Å²) in [6.07, 6.45) is 1.43. The Morgan fingerprint density at radius 3 is 2.33 bits per heavy atom. The zero-order valence-electron chi connectivity index (χ0n) is 7.21. The Balaban J connectivity index is 3.12. The zero-order valence-corrected chi connectivity index (χ0v) is 8.02. The normalized spacial score (nSPS) is 11.8. The van der Waals surface area contributed by atoms with Crippen molar-refractivity contribution in [3.05, 3.63) is 0 Å². The lowest BCUT2D eigenvalue weighted by Crippen LogP contribution is -2.33. The van der Waals surface area contributed by atoms with Gasteiger partial charge in [0, 0.05) is 13.1 Å². The van der Waals surface area contributed by atoms with Crippen LogP contribution in [0.3, 0.4) is 0 Å². The molecule has 0 saturated carbocycles. The molecule has 3 N–H and O–H groups in total. The van der Waals surface area contributed by atoms with E-state index in [1.54, 1.807) is 0 Å². The maximum Gasteiger partial charge on any atom is 0.264 e. The molecule has 0 aromatic heterocycles. The van der Waals surface area contributed by atoms with E-state index in [0.717, 1.165) is 13.0 Å². The SMILES string of the molecule is CCCNNCCCS(=O)(=O)O. The maximum atomic E-state index is 10.2. The maximum absolute atomic E-state index is 10.2. The Labute approximate surface area is 73.3 Å². The molecular formula is C6H16N2O3S. The smallest absolute Gasteiger partial charge is 0.264 e. The van der Waals surface area contributed by atoms with Gasteiger partial charge in [0.05, 0.1) is 5.75 Å². The summed E-state index contributed by atoms with van der Waals surface area (Å²) < 4.78 is 28.8. The average Bonchev–Trinajstić information content (AvgIpc) is 1.94. The van der Waals surface area contributed by atoms with E-state index < -0.39 is 10.1 Å². The molecule has 0 aliphatic rings. The second-order valence-electron chi connectivity index (χ2n) is 2.49. The molecule has 0 atom stereocenters. The van der Waals surface area contributed by atoms with Gasteiger partial charge in [0.2, 0.25) is 0 Å². The molecule has 0 bridgehead atoms. The summed E-state index contributed by atoms with van der Waals surface area (Å²) in [6, 6.07) is 0. The van der Waals surface area contributed by atoms with Crippen LogP contribution in [-0.2, 0) is 10.1 Å². The third-order valence-electron chi connectivity index (χ3n) is 1.20. The molecule has 6 heteroatoms. The summed E-state index contributed by atoms with van der Waals surface area (Å²) in [6.45, 7) is 3.43. The van der Waals surface area contributed by atoms with E-state index in [9.17, 15) is 8.42 Å². The predicted octanol–water partition coefficient (Wildman–Crippen LogP) is -0.231. The molecule has 74 valence electrons. The number of hydrogen-bond donors (Lipinski definition) is 3. The summed E-state index contributed by atoms with van der Waals surface area (Å²) in [7, 11) is -3.78. The Morgan fingerprint density at radius 1 is 1.25 bits per heavy atom. The van der Waals surface area contributed by atoms with E-state index in [-0.39, 0.29) is 5.75 Å². The molecule has 0 aromatic rings. The fraction of sp³-hybridized carbons (Fsp3) is 1.00. The van der Waals surface area contributed by atoms with Crippen LogP contribution in [-0.4, -0.2) is 31.8 Å². The van der Waals surface area contributed by atoms with Gasteiger partial charge in [0.25, 0.3) is 10.1 Å². The molecule has 0 amide bonds. The Kier molecular flexibility index (Phi) is 6.27. The number of nitrogens with one attached hydrogen (secondary N) is 2. The Morgan fingerprint density at radius 2 is 1.83 bits per heavy atom. The van der Waals surface area contributed by atoms with Crippen LogP contribution >= 0.6 is 0 Å². The fourth-order valence-corrected chi connectivity index (χ4v) is 1.15. The van der Waals surface area contributed by atoms with Gasteiger partial charge in [-0.3, -0.25) is 15.4 Å². The summed E-state index contributed by atoms with van der Waals surface area (Å²) in [5, 5.41) is 0. The Bertz CT molecular complexity index is 191. The van der Waals surface area contributed by atoms with Crippen LogP contribution in [0, 0.1) is 0 Å². The highest BCUT2D eigenvalue weighted by molar-refractivity contribution is 7.85. The van der Waals surface area contributed by atoms with E-state index in [4.69, 9.17) is 4.55 Å². The highest BCUT2D eigenvalue weighted by atomic mass is 32.2. The van der Waals surface area contributed by atoms with Gasteiger partial charge < -0.3 is 0 Å². The van der Waals surface area contributed by atoms with E-state index in [1.807, 2.05) is 6.92 Å². The molecule has 0 rings (SSSR count). The lowest BCUT2D eigenvalue weighted by Gasteiger charge is -2.03. The van der Waals surface area contributed by atoms with Gasteiger partial charge in [0.15, 0.2) is 0 Å². The topological polar surface area (TPSA) is 78.4 Å². The Hall–Kier alpha value is -0.170. The van der Waals surface area contributed by atoms with Gasteiger partial charge >= 0.3 is 0 Å². The monoisotopic (exact) mass is 196 g/mol. The predicted molar refractivity (Wildman–Crippen MR) is 47.3 cm³/mol. The molecule has 0 aliphatic carbocycles. The summed E-state index contributed by atoms with van der Waals surface area (Å²) in [5.74, 6) is -0.187. The van der Waals surface area contributed by atoms with Gasteiger partial charge in [-0.05, 0) is 12.8 Å². The van der Waals surface area contributed by atoms with Crippen LogP contribution in [0.4, 0.5) is 0 Å². The van der Waals surface area contributed by atoms with Crippen molar-refractivity contribution in [1.29, 1.82) is 0 Å². The van der Waals surface area contributed by atoms with E-state index in [1.165, 1.54) is 0 Å². The molecule has 0 heterocycles. The molecule has 0 spiro atoms. The first kappa shape index (κ1) is 11.8. The van der Waals surface area contributed by atoms with Crippen LogP contribution in [0.1, 0.15) is 19.8 Å². The molecule has 0 aliphatic heterocycles. The average molecular weight is 196 g/mol. The van der Waals surface area contributed by atoms with Crippen LogP contribution in [0.5, 0.6) is 0 Å². The van der Waals surface area contributed by atoms with Gasteiger partial charge in [-0.2, -0.15) is 8.42 Å². The van der Waals surface area contributed by atoms with Crippen molar-refractivity contribution >= 4 is 10.1 Å². The van der Waals surface area contributed by atoms with Gasteiger partial charge in [0.1, 0.15) is 0 Å². The van der Waals surface area contributed by atoms with Crippen molar-refractivity contribution in [2.75, 3.05) is 18.8 Å². The van der Waals surface area contributed by atoms with Crippen molar-refractivity contribution in [3.8, 4) is 0 Å². The zero-order chi connectivity index (χ0) is 9.45. The van der Waals surface area contributed by atoms with Crippen molar-refractivity contribution < 1.29 is 13.0 Å². The van der Waals surface area contributed by atoms with E-state index in [2.05, 4.69) is 10.9 Å². The van der Waals surface area contributed by atoms with Crippen LogP contribution in [0.25, 0.3) is 0 Å². The van der Waals surface area contributed by atoms with Gasteiger partial charge in [-0.25, -0.2) is 0 Å². The van der Waals surface area contributed by atoms with Crippen molar-refractivity contribution in [2.45, 2.75) is 19.8 Å². The van der Waals surface area contributed by atoms with E-state index in [0.29, 0.717) is 13.0 Å². The highest BCUT2D eigenvalue weighted by Crippen LogP contribution is 1.85. The summed E-state index contributed by atoms with van der Waals surface area (Å²) in [4.78, 5) is 0. The van der Waals surface area contributed by atoms with E-state index >= 15 is 0 Å². The largest absolute Gasteiger partial charge is 0.286 e. The lowest BCUT2D eigenvalue weighted by molar-refractivity contribution is 0.475. The first-order chi connectivity index (χ1) is 5.56. The second-order valence-corrected chi connectivity index (χ2v) is 4.07. The van der Waals surface area contributed by atoms with Gasteiger partial charge in [-0.1, -0.05) is 6.92 Å².